The predicted octanol–water partition coefficient (Wildman–Crippen LogP) is 2.94. The highest BCUT2D eigenvalue weighted by Gasteiger charge is 2.16. The highest BCUT2D eigenvalue weighted by atomic mass is 35.5. The Morgan fingerprint density at radius 3 is 2.62 bits per heavy atom. The summed E-state index contributed by atoms with van der Waals surface area (Å²) >= 11 is 6.05. The molecule has 16 heavy (non-hydrogen) atoms. The molecule has 3 heteroatoms. The van der Waals surface area contributed by atoms with E-state index in [1.54, 1.807) is 4.90 Å². The van der Waals surface area contributed by atoms with Gasteiger partial charge in [-0.1, -0.05) is 23.6 Å². The molecule has 0 fully saturated rings. The van der Waals surface area contributed by atoms with E-state index >= 15 is 0 Å². The second kappa shape index (κ2) is 5.05. The molecule has 1 aromatic rings. The Balaban J connectivity index is 3.35. The number of benzene rings is 1. The summed E-state index contributed by atoms with van der Waals surface area (Å²) in [7, 11) is 0. The molecule has 0 radical (unpaired) electrons. The van der Waals surface area contributed by atoms with Gasteiger partial charge in [0.25, 0.3) is 0 Å². The van der Waals surface area contributed by atoms with Crippen molar-refractivity contribution in [3.05, 3.63) is 28.3 Å². The minimum Gasteiger partial charge on any atom is -0.300 e. The molecular formula is C13H14ClNO. The molecule has 1 rings (SSSR count). The number of amides is 1. The lowest BCUT2D eigenvalue weighted by Gasteiger charge is -2.23. The monoisotopic (exact) mass is 235 g/mol. The van der Waals surface area contributed by atoms with Gasteiger partial charge in [0.05, 0.1) is 12.2 Å². The summed E-state index contributed by atoms with van der Waals surface area (Å²) in [5.41, 5.74) is 2.69. The van der Waals surface area contributed by atoms with Crippen LogP contribution < -0.4 is 4.90 Å². The molecule has 0 spiro atoms. The van der Waals surface area contributed by atoms with E-state index in [-0.39, 0.29) is 12.5 Å². The van der Waals surface area contributed by atoms with Crippen LogP contribution in [0.3, 0.4) is 0 Å². The van der Waals surface area contributed by atoms with Gasteiger partial charge in [-0.2, -0.15) is 0 Å². The third kappa shape index (κ3) is 2.37. The molecule has 84 valence electrons. The Hall–Kier alpha value is -1.46. The van der Waals surface area contributed by atoms with Crippen LogP contribution in [-0.2, 0) is 4.79 Å². The zero-order valence-electron chi connectivity index (χ0n) is 9.67. The number of aryl methyl sites for hydroxylation is 1. The van der Waals surface area contributed by atoms with E-state index in [0.29, 0.717) is 5.02 Å². The molecule has 0 N–H and O–H groups in total. The molecule has 0 saturated heterocycles. The average molecular weight is 236 g/mol. The van der Waals surface area contributed by atoms with Gasteiger partial charge >= 0.3 is 0 Å². The lowest BCUT2D eigenvalue weighted by Crippen LogP contribution is -2.30. The van der Waals surface area contributed by atoms with Gasteiger partial charge in [0, 0.05) is 11.9 Å². The summed E-state index contributed by atoms with van der Waals surface area (Å²) in [6.07, 6.45) is 5.27. The van der Waals surface area contributed by atoms with E-state index in [1.165, 1.54) is 6.92 Å². The number of halogens is 1. The minimum absolute atomic E-state index is 0.0774. The zero-order chi connectivity index (χ0) is 12.3. The first-order valence-corrected chi connectivity index (χ1v) is 5.34. The van der Waals surface area contributed by atoms with Crippen molar-refractivity contribution in [2.24, 2.45) is 0 Å². The van der Waals surface area contributed by atoms with Crippen molar-refractivity contribution in [1.82, 2.24) is 0 Å². The molecule has 0 atom stereocenters. The van der Waals surface area contributed by atoms with Gasteiger partial charge in [-0.15, -0.1) is 6.42 Å². The maximum Gasteiger partial charge on any atom is 0.224 e. The topological polar surface area (TPSA) is 20.3 Å². The van der Waals surface area contributed by atoms with E-state index in [2.05, 4.69) is 5.92 Å². The molecule has 0 saturated carbocycles. The summed E-state index contributed by atoms with van der Waals surface area (Å²) in [6.45, 7) is 5.58. The first-order chi connectivity index (χ1) is 7.49. The Labute approximate surface area is 101 Å². The summed E-state index contributed by atoms with van der Waals surface area (Å²) in [5.74, 6) is 2.41. The smallest absolute Gasteiger partial charge is 0.224 e. The first kappa shape index (κ1) is 12.6. The van der Waals surface area contributed by atoms with Crippen LogP contribution in [-0.4, -0.2) is 12.5 Å². The number of hydrogen-bond donors (Lipinski definition) is 0. The van der Waals surface area contributed by atoms with E-state index in [0.717, 1.165) is 16.8 Å². The fourth-order valence-corrected chi connectivity index (χ4v) is 1.82. The van der Waals surface area contributed by atoms with Crippen LogP contribution in [0.25, 0.3) is 0 Å². The SMILES string of the molecule is C#CCN(C(C)=O)c1c(C)ccc(Cl)c1C. The highest BCUT2D eigenvalue weighted by Crippen LogP contribution is 2.30. The summed E-state index contributed by atoms with van der Waals surface area (Å²) < 4.78 is 0. The Morgan fingerprint density at radius 2 is 2.12 bits per heavy atom. The second-order valence-electron chi connectivity index (χ2n) is 3.65. The lowest BCUT2D eigenvalue weighted by molar-refractivity contribution is -0.116. The van der Waals surface area contributed by atoms with Gasteiger partial charge in [-0.05, 0) is 31.0 Å². The highest BCUT2D eigenvalue weighted by molar-refractivity contribution is 6.31. The number of hydrogen-bond acceptors (Lipinski definition) is 1. The minimum atomic E-state index is -0.0774. The molecule has 2 nitrogen and oxygen atoms in total. The normalized spacial score (nSPS) is 9.69. The van der Waals surface area contributed by atoms with Crippen LogP contribution in [0.1, 0.15) is 18.1 Å². The van der Waals surface area contributed by atoms with Gasteiger partial charge in [-0.25, -0.2) is 0 Å². The Morgan fingerprint density at radius 1 is 1.50 bits per heavy atom. The molecule has 0 aliphatic heterocycles. The van der Waals surface area contributed by atoms with Crippen LogP contribution in [0.2, 0.25) is 5.02 Å². The van der Waals surface area contributed by atoms with Crippen LogP contribution in [0, 0.1) is 26.2 Å². The number of anilines is 1. The molecule has 0 bridgehead atoms. The molecule has 0 aliphatic carbocycles. The lowest BCUT2D eigenvalue weighted by atomic mass is 10.1. The number of carbonyl (C=O) groups excluding carboxylic acids is 1. The summed E-state index contributed by atoms with van der Waals surface area (Å²) in [6, 6.07) is 3.71. The van der Waals surface area contributed by atoms with Gasteiger partial charge in [0.2, 0.25) is 5.91 Å². The maximum atomic E-state index is 11.5. The van der Waals surface area contributed by atoms with Crippen molar-refractivity contribution in [1.29, 1.82) is 0 Å². The standard InChI is InChI=1S/C13H14ClNO/c1-5-8-15(11(4)16)13-9(2)6-7-12(14)10(13)3/h1,6-7H,8H2,2-4H3. The maximum absolute atomic E-state index is 11.5. The molecule has 1 aromatic carbocycles. The quantitative estimate of drug-likeness (QED) is 0.722. The van der Waals surface area contributed by atoms with Crippen molar-refractivity contribution >= 4 is 23.2 Å². The average Bonchev–Trinajstić information content (AvgIpc) is 2.22. The Bertz CT molecular complexity index is 460. The molecule has 1 amide bonds. The molecule has 0 aromatic heterocycles. The first-order valence-electron chi connectivity index (χ1n) is 4.96. The van der Waals surface area contributed by atoms with Gasteiger partial charge in [0.15, 0.2) is 0 Å². The van der Waals surface area contributed by atoms with Crippen molar-refractivity contribution in [2.45, 2.75) is 20.8 Å². The van der Waals surface area contributed by atoms with Gasteiger partial charge < -0.3 is 4.90 Å². The van der Waals surface area contributed by atoms with Crippen LogP contribution >= 0.6 is 11.6 Å². The van der Waals surface area contributed by atoms with Crippen LogP contribution in [0.4, 0.5) is 5.69 Å². The number of rotatable bonds is 2. The molecule has 0 aliphatic rings. The van der Waals surface area contributed by atoms with Crippen LogP contribution in [0.15, 0.2) is 12.1 Å². The van der Waals surface area contributed by atoms with Crippen molar-refractivity contribution in [2.75, 3.05) is 11.4 Å². The largest absolute Gasteiger partial charge is 0.300 e. The van der Waals surface area contributed by atoms with E-state index in [9.17, 15) is 4.79 Å². The van der Waals surface area contributed by atoms with Crippen molar-refractivity contribution < 1.29 is 4.79 Å². The third-order valence-corrected chi connectivity index (χ3v) is 2.88. The van der Waals surface area contributed by atoms with Gasteiger partial charge in [-0.3, -0.25) is 4.79 Å². The number of carbonyl (C=O) groups is 1. The molecule has 0 unspecified atom stereocenters. The fraction of sp³-hybridized carbons (Fsp3) is 0.308. The van der Waals surface area contributed by atoms with Crippen LogP contribution in [0.5, 0.6) is 0 Å². The third-order valence-electron chi connectivity index (χ3n) is 2.47. The zero-order valence-corrected chi connectivity index (χ0v) is 10.4. The fourth-order valence-electron chi connectivity index (χ4n) is 1.67. The van der Waals surface area contributed by atoms with Crippen molar-refractivity contribution in [3.63, 3.8) is 0 Å². The molecule has 0 heterocycles. The summed E-state index contributed by atoms with van der Waals surface area (Å²) in [4.78, 5) is 13.1. The Kier molecular flexibility index (Phi) is 3.98. The van der Waals surface area contributed by atoms with Gasteiger partial charge in [0.1, 0.15) is 0 Å². The number of terminal acetylenes is 1. The van der Waals surface area contributed by atoms with E-state index in [4.69, 9.17) is 18.0 Å². The van der Waals surface area contributed by atoms with Crippen molar-refractivity contribution in [3.8, 4) is 12.3 Å². The van der Waals surface area contributed by atoms with E-state index in [1.807, 2.05) is 26.0 Å². The number of nitrogens with zero attached hydrogens (tertiary/aromatic N) is 1. The summed E-state index contributed by atoms with van der Waals surface area (Å²) in [5, 5.41) is 0.642. The predicted molar refractivity (Wildman–Crippen MR) is 67.8 cm³/mol. The second-order valence-corrected chi connectivity index (χ2v) is 4.05. The molecular weight excluding hydrogens is 222 g/mol. The van der Waals surface area contributed by atoms with E-state index < -0.39 is 0 Å².